The molecule has 5 aliphatic rings. The number of rotatable bonds is 13. The van der Waals surface area contributed by atoms with Gasteiger partial charge in [-0.1, -0.05) is 155 Å². The zero-order chi connectivity index (χ0) is 33.2. The Morgan fingerprint density at radius 2 is 0.979 bits per heavy atom. The first-order valence-electron chi connectivity index (χ1n) is 22.2. The Morgan fingerprint density at radius 1 is 0.511 bits per heavy atom. The molecule has 0 radical (unpaired) electrons. The molecule has 47 heavy (non-hydrogen) atoms. The van der Waals surface area contributed by atoms with Crippen LogP contribution >= 0.6 is 0 Å². The lowest BCUT2D eigenvalue weighted by Gasteiger charge is -2.42. The van der Waals surface area contributed by atoms with Gasteiger partial charge in [-0.25, -0.2) is 0 Å². The molecule has 270 valence electrons. The number of hydrogen-bond donors (Lipinski definition) is 0. The van der Waals surface area contributed by atoms with Crippen molar-refractivity contribution in [2.24, 2.45) is 71.0 Å². The molecule has 0 aromatic rings. The summed E-state index contributed by atoms with van der Waals surface area (Å²) >= 11 is 0. The van der Waals surface area contributed by atoms with Crippen LogP contribution in [0.2, 0.25) is 0 Å². The van der Waals surface area contributed by atoms with E-state index in [1.807, 2.05) is 11.1 Å². The summed E-state index contributed by atoms with van der Waals surface area (Å²) in [4.78, 5) is 0. The van der Waals surface area contributed by atoms with Gasteiger partial charge in [0.1, 0.15) is 0 Å². The van der Waals surface area contributed by atoms with Crippen molar-refractivity contribution >= 4 is 0 Å². The monoisotopic (exact) mass is 647 g/mol. The summed E-state index contributed by atoms with van der Waals surface area (Å²) < 4.78 is 0. The predicted molar refractivity (Wildman–Crippen MR) is 208 cm³/mol. The summed E-state index contributed by atoms with van der Waals surface area (Å²) in [5, 5.41) is 0. The lowest BCUT2D eigenvalue weighted by atomic mass is 9.63. The van der Waals surface area contributed by atoms with E-state index in [-0.39, 0.29) is 0 Å². The lowest BCUT2D eigenvalue weighted by molar-refractivity contribution is 0.158. The third kappa shape index (κ3) is 11.5. The van der Waals surface area contributed by atoms with Crippen LogP contribution in [-0.4, -0.2) is 0 Å². The standard InChI is InChI=1S/C47H82/c1-34(2)14-13-15-35(3)24-29-43-31-44(32-46(39-16-9-7-10-17-39)41-25-20-36(4)21-26-41)38(6)30-45(43)33-47(40-18-11-8-12-19-40)42-27-22-37(5)23-28-42/h32-45H,7-31H2,1-6H3. The van der Waals surface area contributed by atoms with Crippen molar-refractivity contribution in [3.63, 3.8) is 0 Å². The topological polar surface area (TPSA) is 0 Å². The second kappa shape index (κ2) is 19.2. The van der Waals surface area contributed by atoms with Crippen LogP contribution in [0.15, 0.2) is 23.3 Å². The van der Waals surface area contributed by atoms with E-state index in [0.29, 0.717) is 0 Å². The van der Waals surface area contributed by atoms with Gasteiger partial charge in [0.25, 0.3) is 0 Å². The second-order valence-electron chi connectivity index (χ2n) is 19.5. The molecule has 0 bridgehead atoms. The molecular formula is C47H82. The summed E-state index contributed by atoms with van der Waals surface area (Å²) in [7, 11) is 0. The van der Waals surface area contributed by atoms with Gasteiger partial charge in [0.15, 0.2) is 0 Å². The number of allylic oxidation sites excluding steroid dienone is 4. The zero-order valence-corrected chi connectivity index (χ0v) is 32.8. The summed E-state index contributed by atoms with van der Waals surface area (Å²) in [5.41, 5.74) is 3.99. The maximum absolute atomic E-state index is 3.05. The van der Waals surface area contributed by atoms with Gasteiger partial charge >= 0.3 is 0 Å². The summed E-state index contributed by atoms with van der Waals surface area (Å²) in [6.45, 7) is 15.1. The van der Waals surface area contributed by atoms with Crippen molar-refractivity contribution in [1.82, 2.24) is 0 Å². The first kappa shape index (κ1) is 37.7. The molecule has 5 aliphatic carbocycles. The van der Waals surface area contributed by atoms with Gasteiger partial charge in [0, 0.05) is 0 Å². The average molecular weight is 647 g/mol. The normalized spacial score (nSPS) is 36.5. The highest BCUT2D eigenvalue weighted by atomic mass is 14.4. The molecular weight excluding hydrogens is 565 g/mol. The van der Waals surface area contributed by atoms with Gasteiger partial charge in [0.2, 0.25) is 0 Å². The molecule has 0 spiro atoms. The molecule has 0 aliphatic heterocycles. The van der Waals surface area contributed by atoms with Crippen molar-refractivity contribution in [3.8, 4) is 0 Å². The van der Waals surface area contributed by atoms with E-state index in [9.17, 15) is 0 Å². The molecule has 0 saturated heterocycles. The first-order chi connectivity index (χ1) is 22.8. The maximum Gasteiger partial charge on any atom is -0.0199 e. The number of hydrogen-bond acceptors (Lipinski definition) is 0. The van der Waals surface area contributed by atoms with Gasteiger partial charge in [-0.15, -0.1) is 0 Å². The van der Waals surface area contributed by atoms with Crippen molar-refractivity contribution < 1.29 is 0 Å². The van der Waals surface area contributed by atoms with E-state index in [4.69, 9.17) is 0 Å². The minimum Gasteiger partial charge on any atom is -0.0814 e. The Balaban J connectivity index is 1.38. The van der Waals surface area contributed by atoms with Gasteiger partial charge in [-0.2, -0.15) is 0 Å². The van der Waals surface area contributed by atoms with E-state index in [1.165, 1.54) is 161 Å². The van der Waals surface area contributed by atoms with Crippen LogP contribution in [0, 0.1) is 71.0 Å². The molecule has 5 saturated carbocycles. The van der Waals surface area contributed by atoms with Crippen molar-refractivity contribution in [1.29, 1.82) is 0 Å². The highest BCUT2D eigenvalue weighted by Crippen LogP contribution is 2.49. The van der Waals surface area contributed by atoms with Crippen LogP contribution < -0.4 is 0 Å². The molecule has 0 amide bonds. The Hall–Kier alpha value is -0.520. The smallest absolute Gasteiger partial charge is 0.0199 e. The Kier molecular flexibility index (Phi) is 15.4. The largest absolute Gasteiger partial charge is 0.0814 e. The highest BCUT2D eigenvalue weighted by Gasteiger charge is 2.37. The first-order valence-corrected chi connectivity index (χ1v) is 22.2. The van der Waals surface area contributed by atoms with Gasteiger partial charge < -0.3 is 0 Å². The van der Waals surface area contributed by atoms with Crippen molar-refractivity contribution in [2.45, 2.75) is 202 Å². The fourth-order valence-corrected chi connectivity index (χ4v) is 11.6. The quantitative estimate of drug-likeness (QED) is 0.175. The maximum atomic E-state index is 3.05. The SMILES string of the molecule is CC(C)CCCC(C)CCC1CC(C=C(C2CCCCC2)C2CCC(C)CC2)C(C)CC1C=C(C1CCCCC1)C1CCC(C)CC1. The molecule has 0 aromatic carbocycles. The van der Waals surface area contributed by atoms with Crippen LogP contribution in [0.5, 0.6) is 0 Å². The van der Waals surface area contributed by atoms with E-state index >= 15 is 0 Å². The van der Waals surface area contributed by atoms with E-state index in [2.05, 4.69) is 53.7 Å². The summed E-state index contributed by atoms with van der Waals surface area (Å²) in [5.74, 6) is 10.7. The van der Waals surface area contributed by atoms with Crippen molar-refractivity contribution in [3.05, 3.63) is 23.3 Å². The zero-order valence-electron chi connectivity index (χ0n) is 32.8. The fraction of sp³-hybridized carbons (Fsp3) is 0.915. The lowest BCUT2D eigenvalue weighted by Crippen LogP contribution is -2.32. The van der Waals surface area contributed by atoms with Crippen LogP contribution in [-0.2, 0) is 0 Å². The van der Waals surface area contributed by atoms with Crippen LogP contribution in [0.1, 0.15) is 202 Å². The third-order valence-electron chi connectivity index (χ3n) is 15.0. The fourth-order valence-electron chi connectivity index (χ4n) is 11.6. The molecule has 0 nitrogen and oxygen atoms in total. The minimum atomic E-state index is 0.825. The predicted octanol–water partition coefficient (Wildman–Crippen LogP) is 15.2. The van der Waals surface area contributed by atoms with Gasteiger partial charge in [-0.3, -0.25) is 0 Å². The molecule has 0 aromatic heterocycles. The summed E-state index contributed by atoms with van der Waals surface area (Å²) in [6, 6.07) is 0. The molecule has 0 heteroatoms. The molecule has 5 rings (SSSR count). The third-order valence-corrected chi connectivity index (χ3v) is 15.0. The van der Waals surface area contributed by atoms with Crippen LogP contribution in [0.25, 0.3) is 0 Å². The highest BCUT2D eigenvalue weighted by molar-refractivity contribution is 5.19. The van der Waals surface area contributed by atoms with Gasteiger partial charge in [-0.05, 0) is 142 Å². The minimum absolute atomic E-state index is 0.825. The Morgan fingerprint density at radius 3 is 1.47 bits per heavy atom. The molecule has 5 unspecified atom stereocenters. The molecule has 5 atom stereocenters. The van der Waals surface area contributed by atoms with Crippen LogP contribution in [0.3, 0.4) is 0 Å². The summed E-state index contributed by atoms with van der Waals surface area (Å²) in [6.07, 6.45) is 43.0. The van der Waals surface area contributed by atoms with E-state index in [1.54, 1.807) is 0 Å². The van der Waals surface area contributed by atoms with Crippen molar-refractivity contribution in [2.75, 3.05) is 0 Å². The molecule has 5 fully saturated rings. The van der Waals surface area contributed by atoms with Crippen LogP contribution in [0.4, 0.5) is 0 Å². The Bertz CT molecular complexity index is 923. The molecule has 0 heterocycles. The van der Waals surface area contributed by atoms with E-state index in [0.717, 1.165) is 71.0 Å². The van der Waals surface area contributed by atoms with Gasteiger partial charge in [0.05, 0.1) is 0 Å². The molecule has 0 N–H and O–H groups in total. The second-order valence-corrected chi connectivity index (χ2v) is 19.5. The Labute approximate surface area is 295 Å². The average Bonchev–Trinajstić information content (AvgIpc) is 3.08. The van der Waals surface area contributed by atoms with E-state index < -0.39 is 0 Å².